The van der Waals surface area contributed by atoms with Crippen molar-refractivity contribution >= 4 is 35.0 Å². The van der Waals surface area contributed by atoms with E-state index in [0.29, 0.717) is 22.8 Å². The molecule has 0 aromatic heterocycles. The maximum atomic E-state index is 12.6. The van der Waals surface area contributed by atoms with Gasteiger partial charge in [0.1, 0.15) is 11.1 Å². The highest BCUT2D eigenvalue weighted by molar-refractivity contribution is 8.00. The van der Waals surface area contributed by atoms with Crippen LogP contribution in [0.3, 0.4) is 0 Å². The zero-order valence-electron chi connectivity index (χ0n) is 16.8. The number of anilines is 2. The second-order valence-corrected chi connectivity index (χ2v) is 8.14. The molecule has 3 aromatic carbocycles. The highest BCUT2D eigenvalue weighted by atomic mass is 32.2. The molecule has 1 aliphatic rings. The highest BCUT2D eigenvalue weighted by Crippen LogP contribution is 2.42. The largest absolute Gasteiger partial charge is 0.497 e. The molecule has 1 N–H and O–H groups in total. The van der Waals surface area contributed by atoms with Crippen LogP contribution in [0.15, 0.2) is 72.8 Å². The molecule has 5 nitrogen and oxygen atoms in total. The molecule has 1 unspecified atom stereocenters. The van der Waals surface area contributed by atoms with Crippen LogP contribution in [-0.2, 0) is 4.79 Å². The van der Waals surface area contributed by atoms with Crippen LogP contribution in [0.25, 0.3) is 0 Å². The van der Waals surface area contributed by atoms with E-state index >= 15 is 0 Å². The zero-order chi connectivity index (χ0) is 21.1. The minimum atomic E-state index is -0.194. The standard InChI is InChI=1S/C24H22N2O3S/c1-16-5-3-8-20(13-16)26-22(27)15-30-24(26)18-6-4-7-19(14-18)25-23(28)17-9-11-21(29-2)12-10-17/h3-14,24H,15H2,1-2H3,(H,25,28). The molecule has 4 rings (SSSR count). The second kappa shape index (κ2) is 8.63. The van der Waals surface area contributed by atoms with Crippen LogP contribution in [0.1, 0.15) is 26.9 Å². The number of benzene rings is 3. The molecule has 6 heteroatoms. The topological polar surface area (TPSA) is 58.6 Å². The van der Waals surface area contributed by atoms with Gasteiger partial charge in [-0.3, -0.25) is 14.5 Å². The predicted molar refractivity (Wildman–Crippen MR) is 121 cm³/mol. The maximum Gasteiger partial charge on any atom is 0.255 e. The fourth-order valence-electron chi connectivity index (χ4n) is 3.44. The maximum absolute atomic E-state index is 12.6. The van der Waals surface area contributed by atoms with E-state index in [-0.39, 0.29) is 17.2 Å². The lowest BCUT2D eigenvalue weighted by Gasteiger charge is -2.25. The Morgan fingerprint density at radius 1 is 1.07 bits per heavy atom. The molecule has 0 saturated carbocycles. The lowest BCUT2D eigenvalue weighted by molar-refractivity contribution is -0.115. The minimum Gasteiger partial charge on any atom is -0.497 e. The Hall–Kier alpha value is -3.25. The van der Waals surface area contributed by atoms with Gasteiger partial charge < -0.3 is 10.1 Å². The minimum absolute atomic E-state index is 0.0864. The number of hydrogen-bond acceptors (Lipinski definition) is 4. The number of nitrogens with zero attached hydrogens (tertiary/aromatic N) is 1. The molecular formula is C24H22N2O3S. The molecular weight excluding hydrogens is 396 g/mol. The summed E-state index contributed by atoms with van der Waals surface area (Å²) in [4.78, 5) is 27.0. The Morgan fingerprint density at radius 3 is 2.57 bits per heavy atom. The SMILES string of the molecule is COc1ccc(C(=O)Nc2cccc(C3SCC(=O)N3c3cccc(C)c3)c2)cc1. The Balaban J connectivity index is 1.56. The quantitative estimate of drug-likeness (QED) is 0.631. The van der Waals surface area contributed by atoms with Gasteiger partial charge in [-0.05, 0) is 66.6 Å². The van der Waals surface area contributed by atoms with Crippen molar-refractivity contribution in [3.8, 4) is 5.75 Å². The normalized spacial score (nSPS) is 15.9. The number of rotatable bonds is 5. The monoisotopic (exact) mass is 418 g/mol. The van der Waals surface area contributed by atoms with Crippen molar-refractivity contribution in [3.63, 3.8) is 0 Å². The molecule has 1 aliphatic heterocycles. The van der Waals surface area contributed by atoms with Crippen LogP contribution in [0.2, 0.25) is 0 Å². The molecule has 0 radical (unpaired) electrons. The molecule has 2 amide bonds. The number of carbonyl (C=O) groups is 2. The zero-order valence-corrected chi connectivity index (χ0v) is 17.6. The Morgan fingerprint density at radius 2 is 1.83 bits per heavy atom. The van der Waals surface area contributed by atoms with Gasteiger partial charge in [-0.25, -0.2) is 0 Å². The van der Waals surface area contributed by atoms with Gasteiger partial charge in [-0.2, -0.15) is 0 Å². The molecule has 0 spiro atoms. The predicted octanol–water partition coefficient (Wildman–Crippen LogP) is 5.03. The van der Waals surface area contributed by atoms with Crippen LogP contribution >= 0.6 is 11.8 Å². The molecule has 0 aliphatic carbocycles. The summed E-state index contributed by atoms with van der Waals surface area (Å²) in [5.74, 6) is 1.03. The van der Waals surface area contributed by atoms with Crippen LogP contribution in [-0.4, -0.2) is 24.7 Å². The fraction of sp³-hybridized carbons (Fsp3) is 0.167. The van der Waals surface area contributed by atoms with Crippen molar-refractivity contribution in [2.24, 2.45) is 0 Å². The Labute approximate surface area is 180 Å². The summed E-state index contributed by atoms with van der Waals surface area (Å²) in [6, 6.07) is 22.6. The molecule has 0 bridgehead atoms. The number of nitrogens with one attached hydrogen (secondary N) is 1. The van der Waals surface area contributed by atoms with Gasteiger partial charge in [0.05, 0.1) is 12.9 Å². The number of ether oxygens (including phenoxy) is 1. The van der Waals surface area contributed by atoms with Crippen LogP contribution < -0.4 is 15.0 Å². The molecule has 30 heavy (non-hydrogen) atoms. The fourth-order valence-corrected chi connectivity index (χ4v) is 4.61. The number of carbonyl (C=O) groups excluding carboxylic acids is 2. The first-order chi connectivity index (χ1) is 14.5. The third-order valence-corrected chi connectivity index (χ3v) is 6.14. The summed E-state index contributed by atoms with van der Waals surface area (Å²) in [5.41, 5.74) is 4.21. The summed E-state index contributed by atoms with van der Waals surface area (Å²) in [6.45, 7) is 2.02. The van der Waals surface area contributed by atoms with Crippen LogP contribution in [0.5, 0.6) is 5.75 Å². The van der Waals surface area contributed by atoms with Crippen molar-refractivity contribution < 1.29 is 14.3 Å². The van der Waals surface area contributed by atoms with Crippen molar-refractivity contribution in [2.45, 2.75) is 12.3 Å². The van der Waals surface area contributed by atoms with Gasteiger partial charge >= 0.3 is 0 Å². The average molecular weight is 419 g/mol. The summed E-state index contributed by atoms with van der Waals surface area (Å²) < 4.78 is 5.14. The van der Waals surface area contributed by atoms with Crippen LogP contribution in [0, 0.1) is 6.92 Å². The van der Waals surface area contributed by atoms with Crippen molar-refractivity contribution in [3.05, 3.63) is 89.5 Å². The molecule has 1 saturated heterocycles. The molecule has 1 atom stereocenters. The van der Waals surface area contributed by atoms with E-state index in [1.54, 1.807) is 43.1 Å². The third kappa shape index (κ3) is 4.19. The van der Waals surface area contributed by atoms with Gasteiger partial charge in [0.25, 0.3) is 5.91 Å². The first-order valence-electron chi connectivity index (χ1n) is 9.61. The van der Waals surface area contributed by atoms with E-state index in [2.05, 4.69) is 5.32 Å². The summed E-state index contributed by atoms with van der Waals surface area (Å²) >= 11 is 1.59. The van der Waals surface area contributed by atoms with Gasteiger partial charge in [-0.15, -0.1) is 11.8 Å². The smallest absolute Gasteiger partial charge is 0.255 e. The van der Waals surface area contributed by atoms with E-state index in [9.17, 15) is 9.59 Å². The van der Waals surface area contributed by atoms with Crippen molar-refractivity contribution in [1.29, 1.82) is 0 Å². The number of amides is 2. The van der Waals surface area contributed by atoms with Crippen LogP contribution in [0.4, 0.5) is 11.4 Å². The second-order valence-electron chi connectivity index (χ2n) is 7.07. The Bertz CT molecular complexity index is 1080. The molecule has 152 valence electrons. The summed E-state index contributed by atoms with van der Waals surface area (Å²) in [6.07, 6.45) is 0. The van der Waals surface area contributed by atoms with Crippen molar-refractivity contribution in [1.82, 2.24) is 0 Å². The van der Waals surface area contributed by atoms with E-state index in [0.717, 1.165) is 16.8 Å². The summed E-state index contributed by atoms with van der Waals surface area (Å²) in [5, 5.41) is 2.81. The van der Waals surface area contributed by atoms with E-state index in [4.69, 9.17) is 4.74 Å². The summed E-state index contributed by atoms with van der Waals surface area (Å²) in [7, 11) is 1.59. The number of thioether (sulfide) groups is 1. The van der Waals surface area contributed by atoms with Gasteiger partial charge in [0.2, 0.25) is 5.91 Å². The lowest BCUT2D eigenvalue weighted by Crippen LogP contribution is -2.27. The van der Waals surface area contributed by atoms with E-state index in [1.807, 2.05) is 60.4 Å². The number of methoxy groups -OCH3 is 1. The van der Waals surface area contributed by atoms with Gasteiger partial charge in [0.15, 0.2) is 0 Å². The lowest BCUT2D eigenvalue weighted by atomic mass is 10.1. The Kier molecular flexibility index (Phi) is 5.77. The first-order valence-corrected chi connectivity index (χ1v) is 10.7. The van der Waals surface area contributed by atoms with E-state index < -0.39 is 0 Å². The highest BCUT2D eigenvalue weighted by Gasteiger charge is 2.34. The molecule has 1 fully saturated rings. The average Bonchev–Trinajstić information content (AvgIpc) is 3.15. The first kappa shape index (κ1) is 20.0. The molecule has 3 aromatic rings. The van der Waals surface area contributed by atoms with Crippen molar-refractivity contribution in [2.75, 3.05) is 23.1 Å². The third-order valence-electron chi connectivity index (χ3n) is 4.93. The van der Waals surface area contributed by atoms with Gasteiger partial charge in [-0.1, -0.05) is 24.3 Å². The van der Waals surface area contributed by atoms with Gasteiger partial charge in [0, 0.05) is 16.9 Å². The number of aryl methyl sites for hydroxylation is 1. The van der Waals surface area contributed by atoms with E-state index in [1.165, 1.54) is 0 Å². The molecule has 1 heterocycles. The number of hydrogen-bond donors (Lipinski definition) is 1.